The number of aromatic nitrogens is 3. The summed E-state index contributed by atoms with van der Waals surface area (Å²) in [6, 6.07) is 0. The highest BCUT2D eigenvalue weighted by Gasteiger charge is 2.35. The van der Waals surface area contributed by atoms with Crippen molar-refractivity contribution in [3.05, 3.63) is 12.2 Å². The monoisotopic (exact) mass is 265 g/mol. The second-order valence-electron chi connectivity index (χ2n) is 5.74. The quantitative estimate of drug-likeness (QED) is 0.852. The summed E-state index contributed by atoms with van der Waals surface area (Å²) in [6.07, 6.45) is 9.11. The van der Waals surface area contributed by atoms with Crippen LogP contribution in [0.5, 0.6) is 0 Å². The van der Waals surface area contributed by atoms with Gasteiger partial charge in [-0.3, -0.25) is 4.90 Å². The minimum Gasteiger partial charge on any atom is -0.329 e. The van der Waals surface area contributed by atoms with E-state index in [2.05, 4.69) is 29.0 Å². The van der Waals surface area contributed by atoms with Crippen molar-refractivity contribution in [2.24, 2.45) is 5.73 Å². The molecule has 0 amide bonds. The number of nitrogens with zero attached hydrogens (tertiary/aromatic N) is 4. The lowest BCUT2D eigenvalue weighted by Crippen LogP contribution is -2.53. The fraction of sp³-hybridized carbons (Fsp3) is 0.857. The maximum absolute atomic E-state index is 6.08. The van der Waals surface area contributed by atoms with Crippen molar-refractivity contribution < 1.29 is 0 Å². The average Bonchev–Trinajstić information content (AvgIpc) is 2.87. The summed E-state index contributed by atoms with van der Waals surface area (Å²) in [6.45, 7) is 4.69. The van der Waals surface area contributed by atoms with Crippen LogP contribution >= 0.6 is 0 Å². The molecule has 0 spiro atoms. The number of hydrogen-bond acceptors (Lipinski definition) is 4. The van der Waals surface area contributed by atoms with Gasteiger partial charge in [-0.1, -0.05) is 26.2 Å². The van der Waals surface area contributed by atoms with Gasteiger partial charge in [0.2, 0.25) is 0 Å². The molecule has 0 atom stereocenters. The second kappa shape index (κ2) is 6.48. The van der Waals surface area contributed by atoms with Crippen molar-refractivity contribution in [2.75, 3.05) is 13.6 Å². The zero-order chi connectivity index (χ0) is 13.7. The molecule has 19 heavy (non-hydrogen) atoms. The summed E-state index contributed by atoms with van der Waals surface area (Å²) in [7, 11) is 2.18. The summed E-state index contributed by atoms with van der Waals surface area (Å²) < 4.78 is 2.02. The molecular formula is C14H27N5. The van der Waals surface area contributed by atoms with Gasteiger partial charge in [0.1, 0.15) is 12.2 Å². The van der Waals surface area contributed by atoms with Gasteiger partial charge in [-0.2, -0.15) is 5.10 Å². The van der Waals surface area contributed by atoms with Crippen molar-refractivity contribution in [1.29, 1.82) is 0 Å². The van der Waals surface area contributed by atoms with E-state index in [0.717, 1.165) is 31.9 Å². The first-order valence-electron chi connectivity index (χ1n) is 7.50. The normalized spacial score (nSPS) is 18.9. The minimum absolute atomic E-state index is 0.168. The summed E-state index contributed by atoms with van der Waals surface area (Å²) in [4.78, 5) is 6.81. The largest absolute Gasteiger partial charge is 0.329 e. The van der Waals surface area contributed by atoms with Crippen LogP contribution in [0, 0.1) is 0 Å². The third kappa shape index (κ3) is 3.15. The Balaban J connectivity index is 2.06. The van der Waals surface area contributed by atoms with E-state index in [9.17, 15) is 0 Å². The molecule has 5 nitrogen and oxygen atoms in total. The molecule has 2 N–H and O–H groups in total. The third-order valence-electron chi connectivity index (χ3n) is 4.48. The molecule has 0 bridgehead atoms. The molecule has 0 saturated heterocycles. The van der Waals surface area contributed by atoms with Gasteiger partial charge in [-0.05, 0) is 26.3 Å². The highest BCUT2D eigenvalue weighted by molar-refractivity contribution is 4.96. The Hall–Kier alpha value is -0.940. The second-order valence-corrected chi connectivity index (χ2v) is 5.74. The number of rotatable bonds is 6. The van der Waals surface area contributed by atoms with Gasteiger partial charge in [0, 0.05) is 18.6 Å². The van der Waals surface area contributed by atoms with Crippen molar-refractivity contribution in [2.45, 2.75) is 64.1 Å². The highest BCUT2D eigenvalue weighted by Crippen LogP contribution is 2.32. The van der Waals surface area contributed by atoms with Crippen molar-refractivity contribution >= 4 is 0 Å². The van der Waals surface area contributed by atoms with Crippen LogP contribution in [0.2, 0.25) is 0 Å². The maximum atomic E-state index is 6.08. The van der Waals surface area contributed by atoms with Gasteiger partial charge >= 0.3 is 0 Å². The first-order chi connectivity index (χ1) is 9.22. The number of hydrogen-bond donors (Lipinski definition) is 1. The van der Waals surface area contributed by atoms with Gasteiger partial charge in [0.25, 0.3) is 0 Å². The van der Waals surface area contributed by atoms with Gasteiger partial charge in [-0.25, -0.2) is 9.67 Å². The third-order valence-corrected chi connectivity index (χ3v) is 4.48. The lowest BCUT2D eigenvalue weighted by Gasteiger charge is -2.43. The van der Waals surface area contributed by atoms with Crippen LogP contribution in [0.15, 0.2) is 6.33 Å². The molecule has 1 aliphatic rings. The zero-order valence-electron chi connectivity index (χ0n) is 12.3. The first kappa shape index (κ1) is 14.5. The van der Waals surface area contributed by atoms with Crippen LogP contribution < -0.4 is 5.73 Å². The first-order valence-corrected chi connectivity index (χ1v) is 7.50. The molecule has 1 aromatic heterocycles. The van der Waals surface area contributed by atoms with E-state index in [0.29, 0.717) is 0 Å². The van der Waals surface area contributed by atoms with Crippen LogP contribution in [0.4, 0.5) is 0 Å². The van der Waals surface area contributed by atoms with E-state index in [1.807, 2.05) is 4.68 Å². The van der Waals surface area contributed by atoms with E-state index in [1.165, 1.54) is 32.1 Å². The lowest BCUT2D eigenvalue weighted by atomic mass is 9.80. The molecule has 1 fully saturated rings. The molecule has 2 rings (SSSR count). The van der Waals surface area contributed by atoms with Crippen molar-refractivity contribution in [3.63, 3.8) is 0 Å². The predicted molar refractivity (Wildman–Crippen MR) is 76.7 cm³/mol. The van der Waals surface area contributed by atoms with Crippen LogP contribution in [0.25, 0.3) is 0 Å². The lowest BCUT2D eigenvalue weighted by molar-refractivity contribution is 0.0721. The number of likely N-dealkylation sites (N-methyl/N-ethyl adjacent to an activating group) is 1. The van der Waals surface area contributed by atoms with Gasteiger partial charge in [-0.15, -0.1) is 0 Å². The molecule has 1 aromatic rings. The van der Waals surface area contributed by atoms with Crippen molar-refractivity contribution in [3.8, 4) is 0 Å². The molecule has 5 heteroatoms. The summed E-state index contributed by atoms with van der Waals surface area (Å²) in [5.41, 5.74) is 6.25. The molecule has 108 valence electrons. The van der Waals surface area contributed by atoms with Crippen molar-refractivity contribution in [1.82, 2.24) is 19.7 Å². The van der Waals surface area contributed by atoms with E-state index in [4.69, 9.17) is 5.73 Å². The Labute approximate surface area is 116 Å². The molecular weight excluding hydrogens is 238 g/mol. The van der Waals surface area contributed by atoms with Crippen LogP contribution in [-0.2, 0) is 13.1 Å². The molecule has 0 unspecified atom stereocenters. The topological polar surface area (TPSA) is 60.0 Å². The molecule has 0 aliphatic heterocycles. The number of aryl methyl sites for hydroxylation is 1. The maximum Gasteiger partial charge on any atom is 0.141 e. The summed E-state index contributed by atoms with van der Waals surface area (Å²) in [5, 5.41) is 4.30. The smallest absolute Gasteiger partial charge is 0.141 e. The standard InChI is InChI=1S/C14H27N5/c1-3-9-19-13(16-12-17-19)10-18(2)14(11-15)7-5-4-6-8-14/h12H,3-11,15H2,1-2H3. The molecule has 0 aromatic carbocycles. The highest BCUT2D eigenvalue weighted by atomic mass is 15.4. The van der Waals surface area contributed by atoms with Crippen LogP contribution in [0.3, 0.4) is 0 Å². The fourth-order valence-electron chi connectivity index (χ4n) is 3.14. The Morgan fingerprint density at radius 2 is 2.11 bits per heavy atom. The Bertz CT molecular complexity index is 381. The summed E-state index contributed by atoms with van der Waals surface area (Å²) >= 11 is 0. The molecule has 1 aliphatic carbocycles. The minimum atomic E-state index is 0.168. The summed E-state index contributed by atoms with van der Waals surface area (Å²) in [5.74, 6) is 1.06. The predicted octanol–water partition coefficient (Wildman–Crippen LogP) is 1.78. The number of nitrogens with two attached hydrogens (primary N) is 1. The molecule has 1 saturated carbocycles. The van der Waals surface area contributed by atoms with Gasteiger partial charge in [0.15, 0.2) is 0 Å². The van der Waals surface area contributed by atoms with Gasteiger partial charge < -0.3 is 5.73 Å². The van der Waals surface area contributed by atoms with E-state index in [1.54, 1.807) is 6.33 Å². The van der Waals surface area contributed by atoms with E-state index < -0.39 is 0 Å². The SMILES string of the molecule is CCCn1ncnc1CN(C)C1(CN)CCCCC1. The van der Waals surface area contributed by atoms with Crippen LogP contribution in [0.1, 0.15) is 51.3 Å². The Kier molecular flexibility index (Phi) is 4.93. The zero-order valence-corrected chi connectivity index (χ0v) is 12.3. The van der Waals surface area contributed by atoms with Gasteiger partial charge in [0.05, 0.1) is 6.54 Å². The molecule has 0 radical (unpaired) electrons. The van der Waals surface area contributed by atoms with E-state index >= 15 is 0 Å². The Morgan fingerprint density at radius 1 is 1.37 bits per heavy atom. The Morgan fingerprint density at radius 3 is 2.74 bits per heavy atom. The van der Waals surface area contributed by atoms with E-state index in [-0.39, 0.29) is 5.54 Å². The average molecular weight is 265 g/mol. The molecule has 1 heterocycles. The van der Waals surface area contributed by atoms with Crippen LogP contribution in [-0.4, -0.2) is 38.8 Å². The fourth-order valence-corrected chi connectivity index (χ4v) is 3.14.